The van der Waals surface area contributed by atoms with Gasteiger partial charge in [-0.05, 0) is 49.2 Å². The number of aryl methyl sites for hydroxylation is 2. The van der Waals surface area contributed by atoms with Crippen molar-refractivity contribution in [1.29, 1.82) is 0 Å². The minimum Gasteiger partial charge on any atom is -0.454 e. The van der Waals surface area contributed by atoms with Gasteiger partial charge in [-0.2, -0.15) is 0 Å². The van der Waals surface area contributed by atoms with Gasteiger partial charge in [-0.1, -0.05) is 18.2 Å². The van der Waals surface area contributed by atoms with E-state index in [1.165, 1.54) is 12.3 Å². The smallest absolute Gasteiger partial charge is 0.274 e. The third kappa shape index (κ3) is 3.89. The Labute approximate surface area is 167 Å². The van der Waals surface area contributed by atoms with E-state index in [2.05, 4.69) is 15.6 Å². The number of hydrogen-bond donors (Lipinski definition) is 2. The van der Waals surface area contributed by atoms with Crippen LogP contribution >= 0.6 is 0 Å². The fourth-order valence-corrected chi connectivity index (χ4v) is 3.06. The van der Waals surface area contributed by atoms with Crippen molar-refractivity contribution in [3.63, 3.8) is 0 Å². The molecule has 1 aromatic heterocycles. The van der Waals surface area contributed by atoms with Crippen molar-refractivity contribution in [3.05, 3.63) is 77.1 Å². The lowest BCUT2D eigenvalue weighted by molar-refractivity contribution is 0.102. The molecular weight excluding hydrogens is 370 g/mol. The van der Waals surface area contributed by atoms with Crippen molar-refractivity contribution in [3.8, 4) is 11.5 Å². The molecule has 0 unspecified atom stereocenters. The van der Waals surface area contributed by atoms with Crippen LogP contribution in [0, 0.1) is 13.8 Å². The summed E-state index contributed by atoms with van der Waals surface area (Å²) in [6.07, 6.45) is 1.44. The number of carbonyl (C=O) groups is 2. The van der Waals surface area contributed by atoms with Gasteiger partial charge >= 0.3 is 0 Å². The zero-order valence-corrected chi connectivity index (χ0v) is 16.0. The molecule has 2 N–H and O–H groups in total. The van der Waals surface area contributed by atoms with Gasteiger partial charge in [0.1, 0.15) is 5.69 Å². The second-order valence-corrected chi connectivity index (χ2v) is 6.67. The van der Waals surface area contributed by atoms with Gasteiger partial charge in [-0.15, -0.1) is 0 Å². The first-order chi connectivity index (χ1) is 14.0. The normalized spacial score (nSPS) is 11.8. The molecule has 3 aromatic rings. The Morgan fingerprint density at radius 3 is 2.45 bits per heavy atom. The Morgan fingerprint density at radius 2 is 1.66 bits per heavy atom. The highest BCUT2D eigenvalue weighted by Gasteiger charge is 2.17. The van der Waals surface area contributed by atoms with Gasteiger partial charge in [-0.3, -0.25) is 14.6 Å². The zero-order valence-electron chi connectivity index (χ0n) is 16.0. The highest BCUT2D eigenvalue weighted by atomic mass is 16.7. The van der Waals surface area contributed by atoms with Crippen molar-refractivity contribution < 1.29 is 19.1 Å². The summed E-state index contributed by atoms with van der Waals surface area (Å²) in [7, 11) is 0. The van der Waals surface area contributed by atoms with Crippen LogP contribution in [0.1, 0.15) is 32.0 Å². The summed E-state index contributed by atoms with van der Waals surface area (Å²) in [5.41, 5.74) is 3.73. The maximum atomic E-state index is 12.7. The molecule has 1 aliphatic rings. The number of carbonyl (C=O) groups excluding carboxylic acids is 2. The largest absolute Gasteiger partial charge is 0.454 e. The van der Waals surface area contributed by atoms with Crippen molar-refractivity contribution in [1.82, 2.24) is 4.98 Å². The van der Waals surface area contributed by atoms with Gasteiger partial charge in [-0.25, -0.2) is 0 Å². The fourth-order valence-electron chi connectivity index (χ4n) is 3.06. The molecule has 0 saturated carbocycles. The van der Waals surface area contributed by atoms with E-state index in [1.807, 2.05) is 32.0 Å². The maximum Gasteiger partial charge on any atom is 0.274 e. The average molecular weight is 389 g/mol. The number of amides is 2. The molecule has 0 atom stereocenters. The van der Waals surface area contributed by atoms with Crippen LogP contribution in [0.25, 0.3) is 0 Å². The number of nitrogens with one attached hydrogen (secondary N) is 2. The van der Waals surface area contributed by atoms with E-state index >= 15 is 0 Å². The Kier molecular flexibility index (Phi) is 4.87. The number of para-hydroxylation sites is 1. The van der Waals surface area contributed by atoms with Crippen LogP contribution < -0.4 is 20.1 Å². The monoisotopic (exact) mass is 389 g/mol. The Morgan fingerprint density at radius 1 is 0.897 bits per heavy atom. The second kappa shape index (κ2) is 7.63. The van der Waals surface area contributed by atoms with Crippen LogP contribution in [-0.2, 0) is 0 Å². The predicted octanol–water partition coefficient (Wildman–Crippen LogP) is 3.93. The number of nitrogens with zero attached hydrogens (tertiary/aromatic N) is 1. The molecule has 2 amide bonds. The number of aromatic nitrogens is 1. The molecule has 0 aliphatic carbocycles. The van der Waals surface area contributed by atoms with Crippen LogP contribution in [0.5, 0.6) is 11.5 Å². The SMILES string of the molecule is Cc1cccc(C)c1NC(=O)c1ccnc(C(=O)Nc2ccc3c(c2)OCO3)c1. The summed E-state index contributed by atoms with van der Waals surface area (Å²) >= 11 is 0. The summed E-state index contributed by atoms with van der Waals surface area (Å²) in [4.78, 5) is 29.3. The summed E-state index contributed by atoms with van der Waals surface area (Å²) in [6.45, 7) is 4.02. The lowest BCUT2D eigenvalue weighted by atomic mass is 10.1. The van der Waals surface area contributed by atoms with Crippen molar-refractivity contribution in [2.75, 3.05) is 17.4 Å². The zero-order chi connectivity index (χ0) is 20.4. The predicted molar refractivity (Wildman–Crippen MR) is 109 cm³/mol. The van der Waals surface area contributed by atoms with E-state index in [-0.39, 0.29) is 18.4 Å². The Bertz CT molecular complexity index is 1090. The molecule has 7 nitrogen and oxygen atoms in total. The number of hydrogen-bond acceptors (Lipinski definition) is 5. The van der Waals surface area contributed by atoms with E-state index in [4.69, 9.17) is 9.47 Å². The average Bonchev–Trinajstić information content (AvgIpc) is 3.18. The molecular formula is C22H19N3O4. The van der Waals surface area contributed by atoms with Crippen molar-refractivity contribution in [2.24, 2.45) is 0 Å². The van der Waals surface area contributed by atoms with E-state index in [1.54, 1.807) is 24.3 Å². The number of benzene rings is 2. The van der Waals surface area contributed by atoms with Gasteiger partial charge in [0.2, 0.25) is 6.79 Å². The summed E-state index contributed by atoms with van der Waals surface area (Å²) in [5, 5.41) is 5.66. The number of ether oxygens (including phenoxy) is 2. The van der Waals surface area contributed by atoms with Crippen LogP contribution in [0.3, 0.4) is 0 Å². The van der Waals surface area contributed by atoms with Gasteiger partial charge in [0.25, 0.3) is 11.8 Å². The molecule has 0 bridgehead atoms. The lowest BCUT2D eigenvalue weighted by Gasteiger charge is -2.12. The first-order valence-corrected chi connectivity index (χ1v) is 9.06. The molecule has 0 fully saturated rings. The van der Waals surface area contributed by atoms with Crippen LogP contribution in [0.15, 0.2) is 54.7 Å². The van der Waals surface area contributed by atoms with Crippen molar-refractivity contribution in [2.45, 2.75) is 13.8 Å². The first-order valence-electron chi connectivity index (χ1n) is 9.06. The lowest BCUT2D eigenvalue weighted by Crippen LogP contribution is -2.17. The van der Waals surface area contributed by atoms with Crippen LogP contribution in [-0.4, -0.2) is 23.6 Å². The Hall–Kier alpha value is -3.87. The van der Waals surface area contributed by atoms with E-state index in [9.17, 15) is 9.59 Å². The molecule has 0 spiro atoms. The molecule has 1 aliphatic heterocycles. The highest BCUT2D eigenvalue weighted by Crippen LogP contribution is 2.34. The third-order valence-corrected chi connectivity index (χ3v) is 4.60. The standard InChI is InChI=1S/C22H19N3O4/c1-13-4-3-5-14(2)20(13)25-21(26)15-8-9-23-17(10-15)22(27)24-16-6-7-18-19(11-16)29-12-28-18/h3-11H,12H2,1-2H3,(H,24,27)(H,25,26). The quantitative estimate of drug-likeness (QED) is 0.706. The first kappa shape index (κ1) is 18.5. The second-order valence-electron chi connectivity index (χ2n) is 6.67. The Balaban J connectivity index is 1.50. The number of pyridine rings is 1. The van der Waals surface area contributed by atoms with E-state index in [0.29, 0.717) is 22.7 Å². The van der Waals surface area contributed by atoms with Gasteiger partial charge in [0.15, 0.2) is 11.5 Å². The molecule has 146 valence electrons. The molecule has 7 heteroatoms. The summed E-state index contributed by atoms with van der Waals surface area (Å²) in [5.74, 6) is 0.469. The molecule has 29 heavy (non-hydrogen) atoms. The van der Waals surface area contributed by atoms with Crippen molar-refractivity contribution >= 4 is 23.2 Å². The van der Waals surface area contributed by atoms with Gasteiger partial charge in [0, 0.05) is 29.2 Å². The molecule has 2 aromatic carbocycles. The summed E-state index contributed by atoms with van der Waals surface area (Å²) < 4.78 is 10.6. The van der Waals surface area contributed by atoms with E-state index < -0.39 is 5.91 Å². The maximum absolute atomic E-state index is 12.7. The van der Waals surface area contributed by atoms with E-state index in [0.717, 1.165) is 16.8 Å². The minimum atomic E-state index is -0.425. The van der Waals surface area contributed by atoms with Crippen LogP contribution in [0.2, 0.25) is 0 Å². The molecule has 0 saturated heterocycles. The number of rotatable bonds is 4. The number of anilines is 2. The fraction of sp³-hybridized carbons (Fsp3) is 0.136. The summed E-state index contributed by atoms with van der Waals surface area (Å²) in [6, 6.07) is 13.9. The molecule has 0 radical (unpaired) electrons. The third-order valence-electron chi connectivity index (χ3n) is 4.60. The van der Waals surface area contributed by atoms with Gasteiger partial charge in [0.05, 0.1) is 0 Å². The highest BCUT2D eigenvalue weighted by molar-refractivity contribution is 6.08. The van der Waals surface area contributed by atoms with Crippen LogP contribution in [0.4, 0.5) is 11.4 Å². The number of fused-ring (bicyclic) bond motifs is 1. The topological polar surface area (TPSA) is 89.6 Å². The molecule has 2 heterocycles. The molecule has 4 rings (SSSR count). The minimum absolute atomic E-state index is 0.136. The van der Waals surface area contributed by atoms with Gasteiger partial charge < -0.3 is 20.1 Å².